The maximum Gasteiger partial charge on any atom is 0.303 e. The molecule has 4 saturated carbocycles. The molecule has 10 nitrogen and oxygen atoms in total. The summed E-state index contributed by atoms with van der Waals surface area (Å²) in [7, 11) is 0. The third kappa shape index (κ3) is 3.73. The van der Waals surface area contributed by atoms with Crippen molar-refractivity contribution in [3.63, 3.8) is 0 Å². The Kier molecular flexibility index (Phi) is 6.61. The van der Waals surface area contributed by atoms with Gasteiger partial charge in [-0.15, -0.1) is 0 Å². The van der Waals surface area contributed by atoms with Crippen LogP contribution in [0.2, 0.25) is 0 Å². The molecule has 0 aromatic heterocycles. The van der Waals surface area contributed by atoms with Crippen LogP contribution in [0.15, 0.2) is 12.2 Å². The van der Waals surface area contributed by atoms with Crippen molar-refractivity contribution in [2.45, 2.75) is 104 Å². The van der Waals surface area contributed by atoms with E-state index >= 15 is 0 Å². The van der Waals surface area contributed by atoms with Gasteiger partial charge in [-0.2, -0.15) is 0 Å². The molecule has 9 atom stereocenters. The summed E-state index contributed by atoms with van der Waals surface area (Å²) in [6.07, 6.45) is -3.22. The fraction of sp³-hybridized carbons (Fsp3) is 0.750. The largest absolute Gasteiger partial charge is 0.462 e. The van der Waals surface area contributed by atoms with Crippen molar-refractivity contribution in [1.29, 1.82) is 0 Å². The second-order valence-electron chi connectivity index (χ2n) is 12.4. The predicted octanol–water partition coefficient (Wildman–Crippen LogP) is 2.44. The zero-order valence-corrected chi connectivity index (χ0v) is 23.1. The summed E-state index contributed by atoms with van der Waals surface area (Å²) in [5.74, 6) is -4.34. The molecule has 0 aromatic carbocycles. The van der Waals surface area contributed by atoms with Gasteiger partial charge in [-0.1, -0.05) is 27.4 Å². The second-order valence-corrected chi connectivity index (χ2v) is 12.4. The van der Waals surface area contributed by atoms with E-state index in [-0.39, 0.29) is 29.7 Å². The number of carbonyl (C=O) groups is 5. The van der Waals surface area contributed by atoms with Crippen LogP contribution in [0.5, 0.6) is 0 Å². The molecule has 0 saturated heterocycles. The maximum absolute atomic E-state index is 14.4. The van der Waals surface area contributed by atoms with E-state index in [1.807, 2.05) is 6.92 Å². The molecular formula is C28H38O10. The maximum atomic E-state index is 14.4. The Morgan fingerprint density at radius 1 is 0.868 bits per heavy atom. The molecule has 1 N–H and O–H groups in total. The van der Waals surface area contributed by atoms with Crippen molar-refractivity contribution < 1.29 is 48.0 Å². The summed E-state index contributed by atoms with van der Waals surface area (Å²) >= 11 is 0. The lowest BCUT2D eigenvalue weighted by atomic mass is 9.38. The number of ether oxygens (including phenoxy) is 4. The molecule has 38 heavy (non-hydrogen) atoms. The Hall–Kier alpha value is -2.75. The zero-order valence-electron chi connectivity index (χ0n) is 23.1. The number of Topliss-reactive ketones (excluding diaryl/α,β-unsaturated/α-hetero) is 1. The number of fused-ring (bicyclic) bond motifs is 3. The van der Waals surface area contributed by atoms with Gasteiger partial charge in [0.25, 0.3) is 0 Å². The van der Waals surface area contributed by atoms with Crippen LogP contribution in [0.4, 0.5) is 0 Å². The third-order valence-corrected chi connectivity index (χ3v) is 9.77. The topological polar surface area (TPSA) is 143 Å². The van der Waals surface area contributed by atoms with Crippen LogP contribution in [-0.2, 0) is 42.9 Å². The molecule has 2 bridgehead atoms. The van der Waals surface area contributed by atoms with Crippen LogP contribution >= 0.6 is 0 Å². The minimum atomic E-state index is -2.05. The number of esters is 4. The number of rotatable bonds is 4. The third-order valence-electron chi connectivity index (χ3n) is 9.77. The van der Waals surface area contributed by atoms with Crippen LogP contribution in [0.25, 0.3) is 0 Å². The lowest BCUT2D eigenvalue weighted by Gasteiger charge is -2.68. The van der Waals surface area contributed by atoms with Gasteiger partial charge in [0, 0.05) is 51.0 Å². The molecular weight excluding hydrogens is 496 g/mol. The Labute approximate surface area is 222 Å². The Morgan fingerprint density at radius 3 is 1.92 bits per heavy atom. The minimum Gasteiger partial charge on any atom is -0.462 e. The predicted molar refractivity (Wildman–Crippen MR) is 131 cm³/mol. The van der Waals surface area contributed by atoms with Crippen LogP contribution in [0.3, 0.4) is 0 Å². The van der Waals surface area contributed by atoms with Crippen molar-refractivity contribution in [1.82, 2.24) is 0 Å². The van der Waals surface area contributed by atoms with Gasteiger partial charge in [0.15, 0.2) is 11.9 Å². The smallest absolute Gasteiger partial charge is 0.303 e. The van der Waals surface area contributed by atoms with Gasteiger partial charge in [-0.3, -0.25) is 24.0 Å². The molecule has 210 valence electrons. The summed E-state index contributed by atoms with van der Waals surface area (Å²) in [6.45, 7) is 14.9. The monoisotopic (exact) mass is 534 g/mol. The van der Waals surface area contributed by atoms with Gasteiger partial charge in [-0.05, 0) is 30.6 Å². The Balaban J connectivity index is 2.09. The molecule has 0 heterocycles. The summed E-state index contributed by atoms with van der Waals surface area (Å²) in [5, 5.41) is 11.9. The number of hydrogen-bond acceptors (Lipinski definition) is 10. The van der Waals surface area contributed by atoms with Crippen molar-refractivity contribution in [3.8, 4) is 0 Å². The average molecular weight is 535 g/mol. The molecule has 4 rings (SSSR count). The highest BCUT2D eigenvalue weighted by Gasteiger charge is 2.84. The Morgan fingerprint density at radius 2 is 1.39 bits per heavy atom. The normalized spacial score (nSPS) is 42.8. The fourth-order valence-corrected chi connectivity index (χ4v) is 8.70. The molecule has 0 radical (unpaired) electrons. The highest BCUT2D eigenvalue weighted by molar-refractivity contribution is 6.07. The fourth-order valence-electron chi connectivity index (χ4n) is 8.70. The number of ketones is 1. The van der Waals surface area contributed by atoms with Crippen molar-refractivity contribution in [3.05, 3.63) is 12.2 Å². The SMILES string of the molecule is C=C1C(=O)[C@@]23[C@H](OC(C)=O)C[C@@H]4C(C)(C)CC[C@@H](OC(C)=O)[C@@]4(C)[C@@H]2[C@@H](OC(C)=O)C[C@]1(O)[C@H]3OC(C)=O. The summed E-state index contributed by atoms with van der Waals surface area (Å²) in [5.41, 5.74) is -5.41. The van der Waals surface area contributed by atoms with E-state index in [2.05, 4.69) is 20.4 Å². The van der Waals surface area contributed by atoms with E-state index in [9.17, 15) is 29.1 Å². The lowest BCUT2D eigenvalue weighted by Crippen LogP contribution is -2.76. The molecule has 4 fully saturated rings. The van der Waals surface area contributed by atoms with Gasteiger partial charge >= 0.3 is 23.9 Å². The molecule has 0 unspecified atom stereocenters. The first kappa shape index (κ1) is 28.3. The van der Waals surface area contributed by atoms with Crippen LogP contribution < -0.4 is 0 Å². The zero-order chi connectivity index (χ0) is 28.6. The summed E-state index contributed by atoms with van der Waals surface area (Å²) < 4.78 is 23.3. The number of carbonyl (C=O) groups excluding carboxylic acids is 5. The highest BCUT2D eigenvalue weighted by atomic mass is 16.6. The first-order valence-electron chi connectivity index (χ1n) is 13.1. The first-order valence-corrected chi connectivity index (χ1v) is 13.1. The highest BCUT2D eigenvalue weighted by Crippen LogP contribution is 2.73. The number of hydrogen-bond donors (Lipinski definition) is 1. The standard InChI is InChI=1S/C28H38O10/c1-13-23(33)28-21(37-16(4)31)11-19-25(6,7)10-9-20(36-15(3)30)26(19,8)22(28)18(35-14(2)29)12-27(13,34)24(28)38-17(5)32/h18-22,24,34H,1,9-12H2,2-8H3/t18-,19+,20+,21+,22-,24+,26-,27+,28+/m0/s1. The molecule has 4 aliphatic rings. The van der Waals surface area contributed by atoms with Gasteiger partial charge in [-0.25, -0.2) is 0 Å². The van der Waals surface area contributed by atoms with Crippen LogP contribution in [0.1, 0.15) is 74.1 Å². The van der Waals surface area contributed by atoms with Crippen LogP contribution in [0, 0.1) is 28.1 Å². The van der Waals surface area contributed by atoms with E-state index in [0.717, 1.165) is 0 Å². The molecule has 4 aliphatic carbocycles. The Bertz CT molecular complexity index is 1110. The molecule has 0 aromatic rings. The summed E-state index contributed by atoms with van der Waals surface area (Å²) in [4.78, 5) is 63.9. The number of aliphatic hydroxyl groups is 1. The van der Waals surface area contributed by atoms with E-state index in [1.165, 1.54) is 27.7 Å². The average Bonchev–Trinajstić information content (AvgIpc) is 2.85. The quantitative estimate of drug-likeness (QED) is 0.325. The second kappa shape index (κ2) is 8.89. The van der Waals surface area contributed by atoms with Crippen LogP contribution in [-0.4, -0.2) is 64.8 Å². The van der Waals surface area contributed by atoms with Gasteiger partial charge in [0.05, 0.1) is 0 Å². The van der Waals surface area contributed by atoms with Gasteiger partial charge in [0.1, 0.15) is 29.3 Å². The van der Waals surface area contributed by atoms with E-state index in [1.54, 1.807) is 0 Å². The molecule has 1 spiro atoms. The van der Waals surface area contributed by atoms with E-state index in [0.29, 0.717) is 12.8 Å². The van der Waals surface area contributed by atoms with E-state index in [4.69, 9.17) is 18.9 Å². The van der Waals surface area contributed by atoms with E-state index < -0.39 is 76.4 Å². The van der Waals surface area contributed by atoms with Gasteiger partial charge in [0.2, 0.25) is 0 Å². The van der Waals surface area contributed by atoms with Crippen molar-refractivity contribution in [2.75, 3.05) is 0 Å². The lowest BCUT2D eigenvalue weighted by molar-refractivity contribution is -0.298. The summed E-state index contributed by atoms with van der Waals surface area (Å²) in [6, 6.07) is 0. The first-order chi connectivity index (χ1) is 17.4. The molecule has 0 amide bonds. The molecule has 0 aliphatic heterocycles. The van der Waals surface area contributed by atoms with Crippen molar-refractivity contribution >= 4 is 29.7 Å². The van der Waals surface area contributed by atoms with Gasteiger partial charge < -0.3 is 24.1 Å². The molecule has 10 heteroatoms. The van der Waals surface area contributed by atoms with Crippen molar-refractivity contribution in [2.24, 2.45) is 28.1 Å². The minimum absolute atomic E-state index is 0.178.